The number of hydrogen-bond donors (Lipinski definition) is 3. The van der Waals surface area contributed by atoms with Crippen LogP contribution in [-0.2, 0) is 11.3 Å². The van der Waals surface area contributed by atoms with Crippen LogP contribution >= 0.6 is 0 Å². The summed E-state index contributed by atoms with van der Waals surface area (Å²) in [5.41, 5.74) is 1.94. The summed E-state index contributed by atoms with van der Waals surface area (Å²) in [4.78, 5) is 16.8. The first-order valence-electron chi connectivity index (χ1n) is 7.95. The molecule has 3 N–H and O–H groups in total. The summed E-state index contributed by atoms with van der Waals surface area (Å²) in [7, 11) is 0. The highest BCUT2D eigenvalue weighted by Crippen LogP contribution is 2.20. The van der Waals surface area contributed by atoms with Gasteiger partial charge in [-0.1, -0.05) is 18.2 Å². The molecular formula is C18H19FN4O2. The van der Waals surface area contributed by atoms with Crippen LogP contribution in [-0.4, -0.2) is 33.2 Å². The van der Waals surface area contributed by atoms with E-state index in [0.29, 0.717) is 18.2 Å². The summed E-state index contributed by atoms with van der Waals surface area (Å²) in [6, 6.07) is 13.2. The minimum absolute atomic E-state index is 0.0131. The van der Waals surface area contributed by atoms with E-state index in [1.54, 1.807) is 17.6 Å². The SMILES string of the molecule is CC(O)CNc1nc2ccccc2n1CC(=O)Nc1cccc(F)c1. The van der Waals surface area contributed by atoms with Crippen molar-refractivity contribution in [3.05, 3.63) is 54.3 Å². The first-order valence-corrected chi connectivity index (χ1v) is 7.95. The Balaban J connectivity index is 1.83. The fourth-order valence-corrected chi connectivity index (χ4v) is 2.52. The molecule has 0 fully saturated rings. The summed E-state index contributed by atoms with van der Waals surface area (Å²) in [6.07, 6.45) is -0.547. The van der Waals surface area contributed by atoms with E-state index in [0.717, 1.165) is 11.0 Å². The zero-order chi connectivity index (χ0) is 17.8. The monoisotopic (exact) mass is 342 g/mol. The lowest BCUT2D eigenvalue weighted by Crippen LogP contribution is -2.22. The highest BCUT2D eigenvalue weighted by atomic mass is 19.1. The molecule has 1 heterocycles. The number of para-hydroxylation sites is 2. The van der Waals surface area contributed by atoms with Crippen molar-refractivity contribution in [1.82, 2.24) is 9.55 Å². The van der Waals surface area contributed by atoms with Crippen LogP contribution in [0.15, 0.2) is 48.5 Å². The van der Waals surface area contributed by atoms with Gasteiger partial charge in [0.25, 0.3) is 0 Å². The second-order valence-corrected chi connectivity index (χ2v) is 5.80. The number of benzene rings is 2. The molecule has 6 nitrogen and oxygen atoms in total. The van der Waals surface area contributed by atoms with Crippen molar-refractivity contribution in [3.63, 3.8) is 0 Å². The second-order valence-electron chi connectivity index (χ2n) is 5.80. The predicted molar refractivity (Wildman–Crippen MR) is 94.9 cm³/mol. The molecule has 0 radical (unpaired) electrons. The Morgan fingerprint density at radius 3 is 2.84 bits per heavy atom. The van der Waals surface area contributed by atoms with Gasteiger partial charge in [-0.3, -0.25) is 4.79 Å². The van der Waals surface area contributed by atoms with Crippen LogP contribution in [0.25, 0.3) is 11.0 Å². The zero-order valence-corrected chi connectivity index (χ0v) is 13.7. The number of imidazole rings is 1. The van der Waals surface area contributed by atoms with Crippen LogP contribution in [0.2, 0.25) is 0 Å². The quantitative estimate of drug-likeness (QED) is 0.643. The van der Waals surface area contributed by atoms with Gasteiger partial charge in [-0.15, -0.1) is 0 Å². The minimum Gasteiger partial charge on any atom is -0.392 e. The molecule has 0 aliphatic carbocycles. The maximum absolute atomic E-state index is 13.2. The summed E-state index contributed by atoms with van der Waals surface area (Å²) in [5.74, 6) is -0.212. The van der Waals surface area contributed by atoms with Gasteiger partial charge < -0.3 is 20.3 Å². The van der Waals surface area contributed by atoms with Crippen molar-refractivity contribution in [2.75, 3.05) is 17.2 Å². The van der Waals surface area contributed by atoms with Crippen molar-refractivity contribution in [2.24, 2.45) is 0 Å². The average Bonchev–Trinajstić information content (AvgIpc) is 2.91. The van der Waals surface area contributed by atoms with Gasteiger partial charge in [0.1, 0.15) is 12.4 Å². The Hall–Kier alpha value is -2.93. The molecule has 0 saturated carbocycles. The van der Waals surface area contributed by atoms with Crippen LogP contribution in [0.4, 0.5) is 16.0 Å². The Morgan fingerprint density at radius 2 is 2.08 bits per heavy atom. The summed E-state index contributed by atoms with van der Waals surface area (Å²) in [6.45, 7) is 1.99. The van der Waals surface area contributed by atoms with Gasteiger partial charge in [0.2, 0.25) is 11.9 Å². The van der Waals surface area contributed by atoms with Crippen LogP contribution < -0.4 is 10.6 Å². The number of halogens is 1. The van der Waals surface area contributed by atoms with E-state index in [-0.39, 0.29) is 12.5 Å². The molecule has 1 unspecified atom stereocenters. The number of nitrogens with one attached hydrogen (secondary N) is 2. The molecule has 130 valence electrons. The maximum atomic E-state index is 13.2. The Bertz CT molecular complexity index is 892. The van der Waals surface area contributed by atoms with E-state index in [2.05, 4.69) is 15.6 Å². The predicted octanol–water partition coefficient (Wildman–Crippen LogP) is 2.61. The smallest absolute Gasteiger partial charge is 0.244 e. The number of aliphatic hydroxyl groups is 1. The van der Waals surface area contributed by atoms with Crippen molar-refractivity contribution in [2.45, 2.75) is 19.6 Å². The molecule has 25 heavy (non-hydrogen) atoms. The molecule has 1 aromatic heterocycles. The van der Waals surface area contributed by atoms with Gasteiger partial charge in [-0.25, -0.2) is 9.37 Å². The van der Waals surface area contributed by atoms with Crippen molar-refractivity contribution in [1.29, 1.82) is 0 Å². The normalized spacial score (nSPS) is 12.1. The van der Waals surface area contributed by atoms with Gasteiger partial charge in [-0.05, 0) is 37.3 Å². The lowest BCUT2D eigenvalue weighted by atomic mass is 10.3. The van der Waals surface area contributed by atoms with Crippen LogP contribution in [0.5, 0.6) is 0 Å². The Kier molecular flexibility index (Phi) is 4.95. The van der Waals surface area contributed by atoms with Gasteiger partial charge in [0.15, 0.2) is 0 Å². The molecule has 2 aromatic carbocycles. The fourth-order valence-electron chi connectivity index (χ4n) is 2.52. The van der Waals surface area contributed by atoms with E-state index < -0.39 is 11.9 Å². The number of fused-ring (bicyclic) bond motifs is 1. The van der Waals surface area contributed by atoms with Crippen molar-refractivity contribution < 1.29 is 14.3 Å². The number of aromatic nitrogens is 2. The highest BCUT2D eigenvalue weighted by molar-refractivity contribution is 5.92. The molecule has 3 aromatic rings. The molecular weight excluding hydrogens is 323 g/mol. The molecule has 0 aliphatic heterocycles. The van der Waals surface area contributed by atoms with E-state index >= 15 is 0 Å². The van der Waals surface area contributed by atoms with Crippen molar-refractivity contribution in [3.8, 4) is 0 Å². The molecule has 1 atom stereocenters. The number of aliphatic hydroxyl groups excluding tert-OH is 1. The van der Waals surface area contributed by atoms with E-state index in [4.69, 9.17) is 0 Å². The zero-order valence-electron chi connectivity index (χ0n) is 13.7. The largest absolute Gasteiger partial charge is 0.392 e. The summed E-state index contributed by atoms with van der Waals surface area (Å²) >= 11 is 0. The molecule has 0 saturated heterocycles. The number of amides is 1. The van der Waals surface area contributed by atoms with Crippen molar-refractivity contribution >= 4 is 28.6 Å². The standard InChI is InChI=1S/C18H19FN4O2/c1-12(24)10-20-18-22-15-7-2-3-8-16(15)23(18)11-17(25)21-14-6-4-5-13(19)9-14/h2-9,12,24H,10-11H2,1H3,(H,20,22)(H,21,25). The number of hydrogen-bond acceptors (Lipinski definition) is 4. The first-order chi connectivity index (χ1) is 12.0. The highest BCUT2D eigenvalue weighted by Gasteiger charge is 2.14. The summed E-state index contributed by atoms with van der Waals surface area (Å²) < 4.78 is 15.0. The fraction of sp³-hybridized carbons (Fsp3) is 0.222. The van der Waals surface area contributed by atoms with Gasteiger partial charge >= 0.3 is 0 Å². The molecule has 1 amide bonds. The molecule has 0 spiro atoms. The van der Waals surface area contributed by atoms with E-state index in [1.165, 1.54) is 18.2 Å². The topological polar surface area (TPSA) is 79.2 Å². The molecule has 7 heteroatoms. The summed E-state index contributed by atoms with van der Waals surface area (Å²) in [5, 5.41) is 15.2. The third-order valence-corrected chi connectivity index (χ3v) is 3.62. The number of carbonyl (C=O) groups is 1. The van der Waals surface area contributed by atoms with Crippen LogP contribution in [0.3, 0.4) is 0 Å². The Morgan fingerprint density at radius 1 is 1.28 bits per heavy atom. The third-order valence-electron chi connectivity index (χ3n) is 3.62. The van der Waals surface area contributed by atoms with Gasteiger partial charge in [0.05, 0.1) is 17.1 Å². The minimum atomic E-state index is -0.547. The lowest BCUT2D eigenvalue weighted by Gasteiger charge is -2.12. The van der Waals surface area contributed by atoms with Gasteiger partial charge in [0, 0.05) is 12.2 Å². The van der Waals surface area contributed by atoms with Crippen LogP contribution in [0, 0.1) is 5.82 Å². The van der Waals surface area contributed by atoms with Gasteiger partial charge in [-0.2, -0.15) is 0 Å². The van der Waals surface area contributed by atoms with E-state index in [1.807, 2.05) is 24.3 Å². The number of anilines is 2. The number of nitrogens with zero attached hydrogens (tertiary/aromatic N) is 2. The lowest BCUT2D eigenvalue weighted by molar-refractivity contribution is -0.116. The number of carbonyl (C=O) groups excluding carboxylic acids is 1. The van der Waals surface area contributed by atoms with E-state index in [9.17, 15) is 14.3 Å². The maximum Gasteiger partial charge on any atom is 0.244 e. The molecule has 0 aliphatic rings. The molecule has 0 bridgehead atoms. The average molecular weight is 342 g/mol. The van der Waals surface area contributed by atoms with Crippen LogP contribution in [0.1, 0.15) is 6.92 Å². The number of rotatable bonds is 6. The Labute approximate surface area is 144 Å². The second kappa shape index (κ2) is 7.31. The first kappa shape index (κ1) is 16.9. The third kappa shape index (κ3) is 4.13. The molecule has 3 rings (SSSR count).